The number of nitrogens with one attached hydrogen (secondary N) is 1. The number of amides is 2. The summed E-state index contributed by atoms with van der Waals surface area (Å²) >= 11 is 1.37. The third kappa shape index (κ3) is 4.96. The van der Waals surface area contributed by atoms with Gasteiger partial charge in [-0.2, -0.15) is 0 Å². The number of thiophene rings is 1. The van der Waals surface area contributed by atoms with Gasteiger partial charge >= 0.3 is 5.97 Å². The van der Waals surface area contributed by atoms with Gasteiger partial charge in [-0.1, -0.05) is 5.16 Å². The Labute approximate surface area is 184 Å². The number of piperazine rings is 1. The van der Waals surface area contributed by atoms with Gasteiger partial charge in [0.2, 0.25) is 11.7 Å². The Hall–Kier alpha value is -2.72. The molecule has 2 aromatic rings. The normalized spacial score (nSPS) is 16.9. The predicted octanol–water partition coefficient (Wildman–Crippen LogP) is 2.50. The van der Waals surface area contributed by atoms with Gasteiger partial charge in [-0.25, -0.2) is 4.79 Å². The lowest BCUT2D eigenvalue weighted by molar-refractivity contribution is -0.117. The second-order valence-corrected chi connectivity index (χ2v) is 8.72. The monoisotopic (exact) mass is 446 g/mol. The van der Waals surface area contributed by atoms with Crippen molar-refractivity contribution >= 4 is 34.1 Å². The number of aromatic nitrogens is 1. The number of nitrogens with zero attached hydrogens (tertiary/aromatic N) is 3. The van der Waals surface area contributed by atoms with Gasteiger partial charge in [-0.05, 0) is 43.6 Å². The average Bonchev–Trinajstić information content (AvgIpc) is 3.37. The van der Waals surface area contributed by atoms with Crippen LogP contribution in [0.25, 0.3) is 0 Å². The van der Waals surface area contributed by atoms with E-state index in [9.17, 15) is 14.4 Å². The van der Waals surface area contributed by atoms with Gasteiger partial charge in [-0.3, -0.25) is 14.5 Å². The zero-order valence-corrected chi connectivity index (χ0v) is 18.5. The summed E-state index contributed by atoms with van der Waals surface area (Å²) in [6, 6.07) is 1.63. The van der Waals surface area contributed by atoms with Crippen molar-refractivity contribution in [2.75, 3.05) is 44.6 Å². The molecule has 0 atom stereocenters. The fourth-order valence-electron chi connectivity index (χ4n) is 3.67. The van der Waals surface area contributed by atoms with Gasteiger partial charge in [0.05, 0.1) is 24.4 Å². The number of aryl methyl sites for hydroxylation is 1. The van der Waals surface area contributed by atoms with Crippen LogP contribution in [-0.4, -0.2) is 72.1 Å². The SMILES string of the molecule is CCOC(=O)c1c(C2CC2)csc1NC(=O)CN1CCN(C(=O)c2cc(C)no2)CC1. The van der Waals surface area contributed by atoms with E-state index in [-0.39, 0.29) is 30.1 Å². The Bertz CT molecular complexity index is 972. The Balaban J connectivity index is 1.32. The molecule has 1 saturated heterocycles. The first-order valence-electron chi connectivity index (χ1n) is 10.5. The van der Waals surface area contributed by atoms with Crippen LogP contribution in [0.2, 0.25) is 0 Å². The highest BCUT2D eigenvalue weighted by molar-refractivity contribution is 7.15. The molecule has 1 N–H and O–H groups in total. The first-order chi connectivity index (χ1) is 15.0. The lowest BCUT2D eigenvalue weighted by Crippen LogP contribution is -2.50. The van der Waals surface area contributed by atoms with Crippen LogP contribution in [0.1, 0.15) is 57.9 Å². The molecule has 31 heavy (non-hydrogen) atoms. The third-order valence-electron chi connectivity index (χ3n) is 5.43. The zero-order chi connectivity index (χ0) is 22.0. The second-order valence-electron chi connectivity index (χ2n) is 7.84. The van der Waals surface area contributed by atoms with E-state index < -0.39 is 0 Å². The van der Waals surface area contributed by atoms with Crippen molar-refractivity contribution in [3.8, 4) is 0 Å². The summed E-state index contributed by atoms with van der Waals surface area (Å²) < 4.78 is 10.3. The highest BCUT2D eigenvalue weighted by Gasteiger charge is 2.32. The highest BCUT2D eigenvalue weighted by atomic mass is 32.1. The summed E-state index contributed by atoms with van der Waals surface area (Å²) in [5.41, 5.74) is 2.15. The van der Waals surface area contributed by atoms with E-state index in [0.29, 0.717) is 55.0 Å². The fourth-order valence-corrected chi connectivity index (χ4v) is 4.72. The summed E-state index contributed by atoms with van der Waals surface area (Å²) in [5.74, 6) is -0.120. The molecule has 2 amide bonds. The molecule has 166 valence electrons. The molecule has 0 aromatic carbocycles. The van der Waals surface area contributed by atoms with Crippen LogP contribution in [0, 0.1) is 6.92 Å². The van der Waals surface area contributed by atoms with Crippen LogP contribution in [0.15, 0.2) is 16.0 Å². The molecule has 2 aliphatic rings. The van der Waals surface area contributed by atoms with E-state index >= 15 is 0 Å². The van der Waals surface area contributed by atoms with E-state index in [2.05, 4.69) is 10.5 Å². The smallest absolute Gasteiger partial charge is 0.341 e. The molecule has 2 aromatic heterocycles. The molecular formula is C21H26N4O5S. The maximum atomic E-state index is 12.6. The topological polar surface area (TPSA) is 105 Å². The van der Waals surface area contributed by atoms with E-state index in [1.54, 1.807) is 24.8 Å². The number of rotatable bonds is 7. The van der Waals surface area contributed by atoms with E-state index in [4.69, 9.17) is 9.26 Å². The molecule has 10 heteroatoms. The van der Waals surface area contributed by atoms with E-state index in [1.165, 1.54) is 11.3 Å². The van der Waals surface area contributed by atoms with Crippen molar-refractivity contribution in [3.63, 3.8) is 0 Å². The quantitative estimate of drug-likeness (QED) is 0.652. The minimum absolute atomic E-state index is 0.180. The van der Waals surface area contributed by atoms with Crippen molar-refractivity contribution in [1.29, 1.82) is 0 Å². The van der Waals surface area contributed by atoms with Crippen molar-refractivity contribution in [1.82, 2.24) is 15.0 Å². The van der Waals surface area contributed by atoms with Gasteiger partial charge in [-0.15, -0.1) is 11.3 Å². The molecule has 9 nitrogen and oxygen atoms in total. The number of anilines is 1. The molecule has 3 heterocycles. The molecule has 0 unspecified atom stereocenters. The van der Waals surface area contributed by atoms with Gasteiger partial charge in [0.15, 0.2) is 0 Å². The van der Waals surface area contributed by atoms with E-state index in [0.717, 1.165) is 18.4 Å². The van der Waals surface area contributed by atoms with Crippen LogP contribution in [0.4, 0.5) is 5.00 Å². The van der Waals surface area contributed by atoms with Crippen LogP contribution in [0.3, 0.4) is 0 Å². The Kier molecular flexibility index (Phi) is 6.38. The van der Waals surface area contributed by atoms with Crippen molar-refractivity contribution in [3.05, 3.63) is 34.0 Å². The number of carbonyl (C=O) groups excluding carboxylic acids is 3. The lowest BCUT2D eigenvalue weighted by atomic mass is 10.1. The Morgan fingerprint density at radius 2 is 2.00 bits per heavy atom. The van der Waals surface area contributed by atoms with Crippen molar-refractivity contribution in [2.24, 2.45) is 0 Å². The maximum Gasteiger partial charge on any atom is 0.341 e. The minimum Gasteiger partial charge on any atom is -0.462 e. The summed E-state index contributed by atoms with van der Waals surface area (Å²) in [7, 11) is 0. The van der Waals surface area contributed by atoms with Gasteiger partial charge < -0.3 is 19.5 Å². The number of carbonyl (C=O) groups is 3. The van der Waals surface area contributed by atoms with Crippen LogP contribution in [0.5, 0.6) is 0 Å². The van der Waals surface area contributed by atoms with E-state index in [1.807, 2.05) is 10.3 Å². The van der Waals surface area contributed by atoms with Gasteiger partial charge in [0.1, 0.15) is 5.00 Å². The minimum atomic E-state index is -0.379. The van der Waals surface area contributed by atoms with Gasteiger partial charge in [0.25, 0.3) is 5.91 Å². The number of esters is 1. The summed E-state index contributed by atoms with van der Waals surface area (Å²) in [6.07, 6.45) is 2.13. The maximum absolute atomic E-state index is 12.6. The molecule has 0 spiro atoms. The molecule has 1 aliphatic carbocycles. The van der Waals surface area contributed by atoms with Crippen LogP contribution < -0.4 is 5.32 Å². The average molecular weight is 447 g/mol. The largest absolute Gasteiger partial charge is 0.462 e. The number of hydrogen-bond donors (Lipinski definition) is 1. The first kappa shape index (κ1) is 21.5. The first-order valence-corrected chi connectivity index (χ1v) is 11.4. The van der Waals surface area contributed by atoms with Crippen LogP contribution >= 0.6 is 11.3 Å². The second kappa shape index (κ2) is 9.19. The van der Waals surface area contributed by atoms with Crippen molar-refractivity contribution in [2.45, 2.75) is 32.6 Å². The third-order valence-corrected chi connectivity index (χ3v) is 6.35. The standard InChI is InChI=1S/C21H26N4O5S/c1-3-29-21(28)18-15(14-4-5-14)12-31-19(18)22-17(26)11-24-6-8-25(9-7-24)20(27)16-10-13(2)23-30-16/h10,12,14H,3-9,11H2,1-2H3,(H,22,26). The zero-order valence-electron chi connectivity index (χ0n) is 17.7. The Morgan fingerprint density at radius 3 is 2.61 bits per heavy atom. The summed E-state index contributed by atoms with van der Waals surface area (Å²) in [4.78, 5) is 41.2. The summed E-state index contributed by atoms with van der Waals surface area (Å²) in [5, 5.41) is 9.16. The molecular weight excluding hydrogens is 420 g/mol. The van der Waals surface area contributed by atoms with Gasteiger partial charge in [0, 0.05) is 32.2 Å². The summed E-state index contributed by atoms with van der Waals surface area (Å²) in [6.45, 7) is 6.20. The van der Waals surface area contributed by atoms with Crippen molar-refractivity contribution < 1.29 is 23.6 Å². The predicted molar refractivity (Wildman–Crippen MR) is 114 cm³/mol. The molecule has 4 rings (SSSR count). The highest BCUT2D eigenvalue weighted by Crippen LogP contribution is 2.46. The number of ether oxygens (including phenoxy) is 1. The molecule has 0 radical (unpaired) electrons. The van der Waals surface area contributed by atoms with Crippen LogP contribution in [-0.2, 0) is 9.53 Å². The fraction of sp³-hybridized carbons (Fsp3) is 0.524. The molecule has 1 aliphatic heterocycles. The number of hydrogen-bond acceptors (Lipinski definition) is 8. The Morgan fingerprint density at radius 1 is 1.26 bits per heavy atom. The molecule has 2 fully saturated rings. The molecule has 0 bridgehead atoms. The molecule has 1 saturated carbocycles. The lowest BCUT2D eigenvalue weighted by Gasteiger charge is -2.33.